The first-order valence-electron chi connectivity index (χ1n) is 9.01. The molecule has 2 aromatic carbocycles. The van der Waals surface area contributed by atoms with Gasteiger partial charge in [0.2, 0.25) is 5.91 Å². The maximum atomic E-state index is 12.6. The fourth-order valence-electron chi connectivity index (χ4n) is 3.72. The average Bonchev–Trinajstić information content (AvgIpc) is 3.20. The van der Waals surface area contributed by atoms with E-state index in [0.717, 1.165) is 29.9 Å². The first-order valence-corrected chi connectivity index (χ1v) is 9.01. The molecule has 0 spiro atoms. The minimum atomic E-state index is 0.0161. The fourth-order valence-corrected chi connectivity index (χ4v) is 3.72. The summed E-state index contributed by atoms with van der Waals surface area (Å²) in [6.45, 7) is 3.72. The lowest BCUT2D eigenvalue weighted by Crippen LogP contribution is -2.28. The van der Waals surface area contributed by atoms with Gasteiger partial charge in [0.1, 0.15) is 5.76 Å². The molecule has 1 N–H and O–H groups in total. The molecule has 1 aliphatic rings. The zero-order valence-corrected chi connectivity index (χ0v) is 15.1. The highest BCUT2D eigenvalue weighted by molar-refractivity contribution is 5.80. The second-order valence-electron chi connectivity index (χ2n) is 6.92. The molecule has 0 bridgehead atoms. The Labute approximate surface area is 153 Å². The van der Waals surface area contributed by atoms with Crippen LogP contribution in [-0.4, -0.2) is 11.1 Å². The summed E-state index contributed by atoms with van der Waals surface area (Å²) in [4.78, 5) is 12.6. The Bertz CT molecular complexity index is 925. The number of nitrogens with one attached hydrogen (secondary N) is 1. The van der Waals surface area contributed by atoms with E-state index in [2.05, 4.69) is 40.8 Å². The van der Waals surface area contributed by atoms with Crippen LogP contribution in [0, 0.1) is 13.8 Å². The second kappa shape index (κ2) is 6.79. The average molecular weight is 346 g/mol. The van der Waals surface area contributed by atoms with Gasteiger partial charge in [-0.2, -0.15) is 0 Å². The second-order valence-corrected chi connectivity index (χ2v) is 6.92. The van der Waals surface area contributed by atoms with Gasteiger partial charge in [-0.3, -0.25) is 4.79 Å². The van der Waals surface area contributed by atoms with Crippen LogP contribution in [0.3, 0.4) is 0 Å². The Morgan fingerprint density at radius 1 is 1.15 bits per heavy atom. The Balaban J connectivity index is 1.53. The predicted octanol–water partition coefficient (Wildman–Crippen LogP) is 4.30. The number of carbonyl (C=O) groups excluding carboxylic acids is 1. The quantitative estimate of drug-likeness (QED) is 0.766. The van der Waals surface area contributed by atoms with Crippen molar-refractivity contribution in [1.82, 2.24) is 10.5 Å². The highest BCUT2D eigenvalue weighted by atomic mass is 16.5. The van der Waals surface area contributed by atoms with Crippen LogP contribution in [0.4, 0.5) is 0 Å². The van der Waals surface area contributed by atoms with Gasteiger partial charge >= 0.3 is 0 Å². The molecule has 0 fully saturated rings. The molecule has 132 valence electrons. The van der Waals surface area contributed by atoms with Crippen LogP contribution < -0.4 is 5.32 Å². The Hall–Kier alpha value is -2.88. The summed E-state index contributed by atoms with van der Waals surface area (Å²) < 4.78 is 5.16. The normalized spacial score (nSPS) is 15.7. The first-order chi connectivity index (χ1) is 12.6. The monoisotopic (exact) mass is 346 g/mol. The van der Waals surface area contributed by atoms with Gasteiger partial charge in [0.05, 0.1) is 18.2 Å². The van der Waals surface area contributed by atoms with Crippen molar-refractivity contribution in [3.8, 4) is 11.1 Å². The molecule has 0 unspecified atom stereocenters. The number of hydrogen-bond donors (Lipinski definition) is 1. The molecule has 4 rings (SSSR count). The molecular formula is C22H22N2O2. The van der Waals surface area contributed by atoms with Crippen LogP contribution in [-0.2, 0) is 17.6 Å². The van der Waals surface area contributed by atoms with Gasteiger partial charge in [0, 0.05) is 5.56 Å². The number of aromatic nitrogens is 1. The van der Waals surface area contributed by atoms with Crippen molar-refractivity contribution in [2.45, 2.75) is 39.2 Å². The number of aryl methyl sites for hydroxylation is 3. The molecule has 3 aromatic rings. The van der Waals surface area contributed by atoms with Crippen LogP contribution in [0.15, 0.2) is 53.1 Å². The molecule has 1 aromatic heterocycles. The number of nitrogens with zero attached hydrogens (tertiary/aromatic N) is 1. The van der Waals surface area contributed by atoms with Gasteiger partial charge in [0.15, 0.2) is 0 Å². The van der Waals surface area contributed by atoms with E-state index < -0.39 is 0 Å². The Kier molecular flexibility index (Phi) is 4.33. The highest BCUT2D eigenvalue weighted by Gasteiger charge is 2.25. The van der Waals surface area contributed by atoms with Gasteiger partial charge < -0.3 is 9.84 Å². The largest absolute Gasteiger partial charge is 0.361 e. The van der Waals surface area contributed by atoms with Crippen molar-refractivity contribution in [2.75, 3.05) is 0 Å². The Morgan fingerprint density at radius 2 is 1.96 bits per heavy atom. The van der Waals surface area contributed by atoms with E-state index in [4.69, 9.17) is 4.52 Å². The molecule has 1 atom stereocenters. The summed E-state index contributed by atoms with van der Waals surface area (Å²) in [6.07, 6.45) is 2.26. The summed E-state index contributed by atoms with van der Waals surface area (Å²) in [5.74, 6) is 0.734. The number of benzene rings is 2. The molecule has 0 saturated heterocycles. The third kappa shape index (κ3) is 3.15. The molecule has 1 aliphatic carbocycles. The van der Waals surface area contributed by atoms with Gasteiger partial charge in [-0.1, -0.05) is 47.6 Å². The molecule has 0 aliphatic heterocycles. The zero-order chi connectivity index (χ0) is 18.1. The standard InChI is InChI=1S/C22H22N2O2/c1-14-19(15(2)26-24-14)13-22(25)23-21-11-10-17-8-9-18(12-20(17)21)16-6-4-3-5-7-16/h3-9,12,21H,10-11,13H2,1-2H3,(H,23,25)/t21-/m1/s1. The molecule has 1 heterocycles. The smallest absolute Gasteiger partial charge is 0.225 e. The van der Waals surface area contributed by atoms with Crippen molar-refractivity contribution < 1.29 is 9.32 Å². The summed E-state index contributed by atoms with van der Waals surface area (Å²) in [5, 5.41) is 7.13. The van der Waals surface area contributed by atoms with E-state index in [1.54, 1.807) is 0 Å². The van der Waals surface area contributed by atoms with E-state index in [-0.39, 0.29) is 11.9 Å². The number of amides is 1. The summed E-state index contributed by atoms with van der Waals surface area (Å²) in [6, 6.07) is 17.0. The SMILES string of the molecule is Cc1noc(C)c1CC(=O)N[C@@H]1CCc2ccc(-c3ccccc3)cc21. The minimum absolute atomic E-state index is 0.0161. The van der Waals surface area contributed by atoms with Crippen LogP contribution in [0.25, 0.3) is 11.1 Å². The zero-order valence-electron chi connectivity index (χ0n) is 15.1. The van der Waals surface area contributed by atoms with Crippen molar-refractivity contribution >= 4 is 5.91 Å². The number of fused-ring (bicyclic) bond motifs is 1. The fraction of sp³-hybridized carbons (Fsp3) is 0.273. The van der Waals surface area contributed by atoms with Crippen LogP contribution >= 0.6 is 0 Å². The molecule has 26 heavy (non-hydrogen) atoms. The third-order valence-electron chi connectivity index (χ3n) is 5.18. The molecule has 4 heteroatoms. The molecule has 0 radical (unpaired) electrons. The number of carbonyl (C=O) groups is 1. The van der Waals surface area contributed by atoms with E-state index >= 15 is 0 Å². The summed E-state index contributed by atoms with van der Waals surface area (Å²) in [7, 11) is 0. The third-order valence-corrected chi connectivity index (χ3v) is 5.18. The van der Waals surface area contributed by atoms with E-state index in [1.807, 2.05) is 32.0 Å². The van der Waals surface area contributed by atoms with E-state index in [1.165, 1.54) is 22.3 Å². The Morgan fingerprint density at radius 3 is 2.69 bits per heavy atom. The van der Waals surface area contributed by atoms with Gasteiger partial charge in [0.25, 0.3) is 0 Å². The number of rotatable bonds is 4. The lowest BCUT2D eigenvalue weighted by atomic mass is 9.99. The van der Waals surface area contributed by atoms with Crippen LogP contribution in [0.5, 0.6) is 0 Å². The van der Waals surface area contributed by atoms with E-state index in [9.17, 15) is 4.79 Å². The summed E-state index contributed by atoms with van der Waals surface area (Å²) >= 11 is 0. The molecule has 4 nitrogen and oxygen atoms in total. The van der Waals surface area contributed by atoms with Gasteiger partial charge in [-0.25, -0.2) is 0 Å². The van der Waals surface area contributed by atoms with Crippen molar-refractivity contribution in [3.63, 3.8) is 0 Å². The number of hydrogen-bond acceptors (Lipinski definition) is 3. The van der Waals surface area contributed by atoms with Gasteiger partial charge in [-0.05, 0) is 55.0 Å². The van der Waals surface area contributed by atoms with Crippen molar-refractivity contribution in [2.24, 2.45) is 0 Å². The minimum Gasteiger partial charge on any atom is -0.361 e. The lowest BCUT2D eigenvalue weighted by molar-refractivity contribution is -0.121. The first kappa shape index (κ1) is 16.6. The van der Waals surface area contributed by atoms with Gasteiger partial charge in [-0.15, -0.1) is 0 Å². The van der Waals surface area contributed by atoms with Crippen molar-refractivity contribution in [3.05, 3.63) is 76.7 Å². The maximum absolute atomic E-state index is 12.6. The highest BCUT2D eigenvalue weighted by Crippen LogP contribution is 2.34. The maximum Gasteiger partial charge on any atom is 0.225 e. The lowest BCUT2D eigenvalue weighted by Gasteiger charge is -2.15. The topological polar surface area (TPSA) is 55.1 Å². The van der Waals surface area contributed by atoms with Crippen LogP contribution in [0.2, 0.25) is 0 Å². The molecular weight excluding hydrogens is 324 g/mol. The van der Waals surface area contributed by atoms with Crippen LogP contribution in [0.1, 0.15) is 40.6 Å². The van der Waals surface area contributed by atoms with E-state index in [0.29, 0.717) is 6.42 Å². The molecule has 0 saturated carbocycles. The summed E-state index contributed by atoms with van der Waals surface area (Å²) in [5.41, 5.74) is 6.62. The molecule has 1 amide bonds. The predicted molar refractivity (Wildman–Crippen MR) is 101 cm³/mol. The van der Waals surface area contributed by atoms with Crippen molar-refractivity contribution in [1.29, 1.82) is 0 Å².